The van der Waals surface area contributed by atoms with E-state index in [0.29, 0.717) is 27.0 Å². The van der Waals surface area contributed by atoms with E-state index < -0.39 is 11.9 Å². The number of benzene rings is 3. The molecule has 1 aromatic heterocycles. The SMILES string of the molecule is COc1ccc(C(=O)Nc2ccccc2C(=O)N/N=C\c2cc(Br)ccc2OC(=O)c2ccco2)cc1. The number of ether oxygens (including phenoxy) is 2. The molecular weight excluding hydrogens is 542 g/mol. The van der Waals surface area contributed by atoms with Crippen LogP contribution in [-0.4, -0.2) is 31.1 Å². The number of hydrogen-bond donors (Lipinski definition) is 2. The molecule has 0 spiro atoms. The molecule has 186 valence electrons. The number of nitrogens with zero attached hydrogens (tertiary/aromatic N) is 1. The van der Waals surface area contributed by atoms with Gasteiger partial charge in [0.25, 0.3) is 11.8 Å². The van der Waals surface area contributed by atoms with Gasteiger partial charge in [-0.05, 0) is 66.7 Å². The third kappa shape index (κ3) is 6.50. The number of carbonyl (C=O) groups is 3. The predicted molar refractivity (Wildman–Crippen MR) is 140 cm³/mol. The Morgan fingerprint density at radius 3 is 2.46 bits per heavy atom. The van der Waals surface area contributed by atoms with Gasteiger partial charge in [-0.2, -0.15) is 5.10 Å². The van der Waals surface area contributed by atoms with Crippen molar-refractivity contribution in [1.29, 1.82) is 0 Å². The molecule has 10 heteroatoms. The number of esters is 1. The first kappa shape index (κ1) is 25.4. The Balaban J connectivity index is 1.46. The monoisotopic (exact) mass is 561 g/mol. The number of anilines is 1. The van der Waals surface area contributed by atoms with Crippen LogP contribution in [0.25, 0.3) is 0 Å². The van der Waals surface area contributed by atoms with E-state index in [4.69, 9.17) is 13.9 Å². The fourth-order valence-electron chi connectivity index (χ4n) is 3.21. The van der Waals surface area contributed by atoms with E-state index in [2.05, 4.69) is 31.8 Å². The maximum atomic E-state index is 12.8. The average molecular weight is 562 g/mol. The van der Waals surface area contributed by atoms with Crippen LogP contribution in [0.5, 0.6) is 11.5 Å². The van der Waals surface area contributed by atoms with Crippen LogP contribution in [-0.2, 0) is 0 Å². The Morgan fingerprint density at radius 1 is 0.946 bits per heavy atom. The lowest BCUT2D eigenvalue weighted by Crippen LogP contribution is -2.21. The largest absolute Gasteiger partial charge is 0.497 e. The van der Waals surface area contributed by atoms with E-state index in [1.54, 1.807) is 72.8 Å². The van der Waals surface area contributed by atoms with Crippen LogP contribution < -0.4 is 20.2 Å². The van der Waals surface area contributed by atoms with E-state index in [1.165, 1.54) is 25.7 Å². The smallest absolute Gasteiger partial charge is 0.379 e. The van der Waals surface area contributed by atoms with Crippen molar-refractivity contribution in [3.8, 4) is 11.5 Å². The highest BCUT2D eigenvalue weighted by Crippen LogP contribution is 2.23. The predicted octanol–water partition coefficient (Wildman–Crippen LogP) is 5.29. The van der Waals surface area contributed by atoms with Crippen molar-refractivity contribution in [2.45, 2.75) is 0 Å². The quantitative estimate of drug-likeness (QED) is 0.131. The number of halogens is 1. The summed E-state index contributed by atoms with van der Waals surface area (Å²) >= 11 is 3.36. The molecular formula is C27H20BrN3O6. The third-order valence-corrected chi connectivity index (χ3v) is 5.53. The van der Waals surface area contributed by atoms with Gasteiger partial charge in [0.05, 0.1) is 30.8 Å². The summed E-state index contributed by atoms with van der Waals surface area (Å²) in [6.07, 6.45) is 2.71. The first-order valence-electron chi connectivity index (χ1n) is 10.9. The molecule has 0 radical (unpaired) electrons. The molecule has 0 saturated heterocycles. The Labute approximate surface area is 220 Å². The highest BCUT2D eigenvalue weighted by molar-refractivity contribution is 9.10. The van der Waals surface area contributed by atoms with Crippen molar-refractivity contribution in [2.75, 3.05) is 12.4 Å². The summed E-state index contributed by atoms with van der Waals surface area (Å²) in [5.74, 6) is -0.720. The summed E-state index contributed by atoms with van der Waals surface area (Å²) in [4.78, 5) is 37.8. The summed E-state index contributed by atoms with van der Waals surface area (Å²) in [6, 6.07) is 21.1. The Bertz CT molecular complexity index is 1450. The minimum Gasteiger partial charge on any atom is -0.497 e. The van der Waals surface area contributed by atoms with Gasteiger partial charge in [-0.25, -0.2) is 10.2 Å². The zero-order valence-corrected chi connectivity index (χ0v) is 21.0. The van der Waals surface area contributed by atoms with Gasteiger partial charge in [0.15, 0.2) is 0 Å². The summed E-state index contributed by atoms with van der Waals surface area (Å²) in [6.45, 7) is 0. The van der Waals surface area contributed by atoms with Gasteiger partial charge in [0, 0.05) is 15.6 Å². The summed E-state index contributed by atoms with van der Waals surface area (Å²) in [7, 11) is 1.54. The van der Waals surface area contributed by atoms with E-state index in [9.17, 15) is 14.4 Å². The Kier molecular flexibility index (Phi) is 8.11. The molecule has 0 bridgehead atoms. The first-order valence-corrected chi connectivity index (χ1v) is 11.7. The number of para-hydroxylation sites is 1. The van der Waals surface area contributed by atoms with Crippen LogP contribution in [0.3, 0.4) is 0 Å². The fraction of sp³-hybridized carbons (Fsp3) is 0.0370. The lowest BCUT2D eigenvalue weighted by molar-refractivity contribution is 0.0700. The molecule has 4 aromatic rings. The topological polar surface area (TPSA) is 119 Å². The molecule has 0 fully saturated rings. The van der Waals surface area contributed by atoms with Crippen LogP contribution in [0.15, 0.2) is 99.1 Å². The minimum atomic E-state index is -0.674. The molecule has 3 aromatic carbocycles. The van der Waals surface area contributed by atoms with E-state index in [-0.39, 0.29) is 23.0 Å². The van der Waals surface area contributed by atoms with Crippen LogP contribution >= 0.6 is 15.9 Å². The third-order valence-electron chi connectivity index (χ3n) is 5.04. The second kappa shape index (κ2) is 11.8. The second-order valence-corrected chi connectivity index (χ2v) is 8.39. The first-order chi connectivity index (χ1) is 17.9. The minimum absolute atomic E-state index is 0.0485. The molecule has 4 rings (SSSR count). The average Bonchev–Trinajstić information content (AvgIpc) is 3.46. The van der Waals surface area contributed by atoms with Crippen LogP contribution in [0, 0.1) is 0 Å². The number of rotatable bonds is 8. The highest BCUT2D eigenvalue weighted by atomic mass is 79.9. The Morgan fingerprint density at radius 2 is 1.73 bits per heavy atom. The zero-order valence-electron chi connectivity index (χ0n) is 19.4. The van der Waals surface area contributed by atoms with Crippen LogP contribution in [0.1, 0.15) is 36.8 Å². The number of hydrogen-bond acceptors (Lipinski definition) is 7. The van der Waals surface area contributed by atoms with E-state index in [1.807, 2.05) is 0 Å². The Hall–Kier alpha value is -4.70. The highest BCUT2D eigenvalue weighted by Gasteiger charge is 2.16. The molecule has 0 aliphatic carbocycles. The van der Waals surface area contributed by atoms with Crippen molar-refractivity contribution in [3.63, 3.8) is 0 Å². The molecule has 0 saturated carbocycles. The standard InChI is InChI=1S/C27H20BrN3O6/c1-35-20-11-8-17(9-12-20)25(32)30-22-6-3-2-5-21(22)26(33)31-29-16-18-15-19(28)10-13-23(18)37-27(34)24-7-4-14-36-24/h2-16H,1H3,(H,30,32)(H,31,33)/b29-16-. The number of hydrazone groups is 1. The molecule has 9 nitrogen and oxygen atoms in total. The second-order valence-electron chi connectivity index (χ2n) is 7.48. The van der Waals surface area contributed by atoms with Gasteiger partial charge in [0.2, 0.25) is 5.76 Å². The van der Waals surface area contributed by atoms with Crippen molar-refractivity contribution in [3.05, 3.63) is 112 Å². The van der Waals surface area contributed by atoms with Gasteiger partial charge < -0.3 is 19.2 Å². The lowest BCUT2D eigenvalue weighted by atomic mass is 10.1. The number of carbonyl (C=O) groups excluding carboxylic acids is 3. The maximum absolute atomic E-state index is 12.8. The van der Waals surface area contributed by atoms with Crippen molar-refractivity contribution >= 4 is 45.6 Å². The van der Waals surface area contributed by atoms with Crippen molar-refractivity contribution in [1.82, 2.24) is 5.43 Å². The van der Waals surface area contributed by atoms with Gasteiger partial charge in [-0.1, -0.05) is 28.1 Å². The number of nitrogens with one attached hydrogen (secondary N) is 2. The molecule has 0 aliphatic heterocycles. The number of furan rings is 1. The molecule has 2 N–H and O–H groups in total. The van der Waals surface area contributed by atoms with Gasteiger partial charge in [0.1, 0.15) is 11.5 Å². The molecule has 37 heavy (non-hydrogen) atoms. The van der Waals surface area contributed by atoms with Gasteiger partial charge in [-0.3, -0.25) is 9.59 Å². The fourth-order valence-corrected chi connectivity index (χ4v) is 3.58. The van der Waals surface area contributed by atoms with Crippen molar-refractivity contribution < 1.29 is 28.3 Å². The molecule has 2 amide bonds. The van der Waals surface area contributed by atoms with Crippen LogP contribution in [0.4, 0.5) is 5.69 Å². The molecule has 0 unspecified atom stereocenters. The number of methoxy groups -OCH3 is 1. The van der Waals surface area contributed by atoms with Gasteiger partial charge >= 0.3 is 5.97 Å². The summed E-state index contributed by atoms with van der Waals surface area (Å²) in [5, 5.41) is 6.74. The lowest BCUT2D eigenvalue weighted by Gasteiger charge is -2.10. The molecule has 0 aliphatic rings. The zero-order chi connectivity index (χ0) is 26.2. The van der Waals surface area contributed by atoms with Crippen molar-refractivity contribution in [2.24, 2.45) is 5.10 Å². The van der Waals surface area contributed by atoms with E-state index in [0.717, 1.165) is 0 Å². The molecule has 0 atom stereocenters. The summed E-state index contributed by atoms with van der Waals surface area (Å²) in [5.41, 5.74) is 3.78. The number of amides is 2. The van der Waals surface area contributed by atoms with E-state index >= 15 is 0 Å². The van der Waals surface area contributed by atoms with Gasteiger partial charge in [-0.15, -0.1) is 0 Å². The maximum Gasteiger partial charge on any atom is 0.379 e. The van der Waals surface area contributed by atoms with Crippen LogP contribution in [0.2, 0.25) is 0 Å². The molecule has 1 heterocycles. The normalized spacial score (nSPS) is 10.6. The summed E-state index contributed by atoms with van der Waals surface area (Å²) < 4.78 is 16.3.